The maximum atomic E-state index is 5.84. The van der Waals surface area contributed by atoms with Crippen LogP contribution in [0.1, 0.15) is 18.6 Å². The Morgan fingerprint density at radius 3 is 1.75 bits per heavy atom. The molecule has 4 nitrogen and oxygen atoms in total. The van der Waals surface area contributed by atoms with Crippen molar-refractivity contribution in [3.8, 4) is 29.2 Å². The molecule has 10 heteroatoms. The lowest BCUT2D eigenvalue weighted by Gasteiger charge is -2.15. The quantitative estimate of drug-likeness (QED) is 0.449. The van der Waals surface area contributed by atoms with E-state index in [0.717, 1.165) is 0 Å². The summed E-state index contributed by atoms with van der Waals surface area (Å²) in [7, 11) is 0. The molecule has 0 aliphatic carbocycles. The summed E-state index contributed by atoms with van der Waals surface area (Å²) >= 11 is 35.0. The molecular formula is C14H7Cl6N3O. The third kappa shape index (κ3) is 5.16. The van der Waals surface area contributed by atoms with Crippen molar-refractivity contribution in [3.63, 3.8) is 0 Å². The second kappa shape index (κ2) is 7.70. The molecule has 0 amide bonds. The summed E-state index contributed by atoms with van der Waals surface area (Å²) in [5.41, 5.74) is 0.584. The molecule has 0 radical (unpaired) electrons. The molecule has 0 N–H and O–H groups in total. The fourth-order valence-corrected chi connectivity index (χ4v) is 2.05. The summed E-state index contributed by atoms with van der Waals surface area (Å²) < 4.78 is 1.36. The van der Waals surface area contributed by atoms with Gasteiger partial charge in [0.25, 0.3) is 0 Å². The van der Waals surface area contributed by atoms with Crippen molar-refractivity contribution in [2.24, 2.45) is 0 Å². The van der Waals surface area contributed by atoms with Crippen LogP contribution in [0.3, 0.4) is 0 Å². The maximum absolute atomic E-state index is 5.84. The molecule has 0 fully saturated rings. The second-order valence-electron chi connectivity index (χ2n) is 4.28. The monoisotopic (exact) mass is 443 g/mol. The van der Waals surface area contributed by atoms with Crippen molar-refractivity contribution in [1.82, 2.24) is 15.0 Å². The molecule has 1 aromatic carbocycles. The second-order valence-corrected chi connectivity index (χ2v) is 8.84. The topological polar surface area (TPSA) is 47.9 Å². The summed E-state index contributed by atoms with van der Waals surface area (Å²) in [4.78, 5) is 12.1. The van der Waals surface area contributed by atoms with Gasteiger partial charge in [-0.15, -0.1) is 0 Å². The van der Waals surface area contributed by atoms with Gasteiger partial charge in [-0.3, -0.25) is 0 Å². The number of hydrogen-bond donors (Lipinski definition) is 0. The number of hydrogen-bond acceptors (Lipinski definition) is 4. The van der Waals surface area contributed by atoms with Gasteiger partial charge in [0.2, 0.25) is 7.59 Å². The zero-order chi connectivity index (χ0) is 18.0. The van der Waals surface area contributed by atoms with Gasteiger partial charge in [-0.05, 0) is 24.3 Å². The Morgan fingerprint density at radius 1 is 0.833 bits per heavy atom. The first-order valence-electron chi connectivity index (χ1n) is 6.21. The largest absolute Gasteiger partial charge is 0.408 e. The molecule has 24 heavy (non-hydrogen) atoms. The van der Waals surface area contributed by atoms with Gasteiger partial charge in [-0.25, -0.2) is 15.0 Å². The van der Waals surface area contributed by atoms with Gasteiger partial charge < -0.3 is 4.74 Å². The Bertz CT molecular complexity index is 755. The minimum atomic E-state index is -1.90. The van der Waals surface area contributed by atoms with Crippen LogP contribution in [-0.2, 0) is 7.59 Å². The van der Waals surface area contributed by atoms with Crippen LogP contribution in [0, 0.1) is 12.0 Å². The van der Waals surface area contributed by atoms with E-state index in [9.17, 15) is 0 Å². The van der Waals surface area contributed by atoms with E-state index in [-0.39, 0.29) is 17.5 Å². The number of ether oxygens (including phenoxy) is 1. The van der Waals surface area contributed by atoms with Crippen LogP contribution in [0.5, 0.6) is 5.75 Å². The zero-order valence-corrected chi connectivity index (χ0v) is 16.4. The first kappa shape index (κ1) is 19.7. The highest BCUT2D eigenvalue weighted by atomic mass is 35.6. The SMILES string of the molecule is CC#COc1ccc(-c2nc(C(Cl)(Cl)Cl)nc(C(Cl)(Cl)Cl)n2)cc1. The predicted octanol–water partition coefficient (Wildman–Crippen LogP) is 5.55. The van der Waals surface area contributed by atoms with Gasteiger partial charge in [-0.1, -0.05) is 75.5 Å². The van der Waals surface area contributed by atoms with Gasteiger partial charge >= 0.3 is 0 Å². The standard InChI is InChI=1S/C14H7Cl6N3O/c1-2-7-24-9-5-3-8(4-6-9)10-21-11(13(15,16)17)23-12(22-10)14(18,19)20/h3-6H,1H3. The lowest BCUT2D eigenvalue weighted by molar-refractivity contribution is 0.519. The molecule has 0 saturated heterocycles. The van der Waals surface area contributed by atoms with Crippen molar-refractivity contribution in [2.45, 2.75) is 14.5 Å². The van der Waals surface area contributed by atoms with Crippen LogP contribution in [0.15, 0.2) is 24.3 Å². The molecule has 0 saturated carbocycles. The highest BCUT2D eigenvalue weighted by molar-refractivity contribution is 6.67. The normalized spacial score (nSPS) is 11.6. The van der Waals surface area contributed by atoms with Crippen molar-refractivity contribution >= 4 is 69.6 Å². The predicted molar refractivity (Wildman–Crippen MR) is 97.8 cm³/mol. The fourth-order valence-electron chi connectivity index (χ4n) is 1.54. The minimum Gasteiger partial charge on any atom is -0.408 e. The van der Waals surface area contributed by atoms with Crippen LogP contribution in [0.25, 0.3) is 11.4 Å². The number of aromatic nitrogens is 3. The Morgan fingerprint density at radius 2 is 1.33 bits per heavy atom. The number of rotatable bonds is 2. The third-order valence-electron chi connectivity index (χ3n) is 2.53. The first-order chi connectivity index (χ1) is 11.1. The molecule has 0 aliphatic heterocycles. The number of alkyl halides is 6. The average Bonchev–Trinajstić information content (AvgIpc) is 2.51. The van der Waals surface area contributed by atoms with E-state index in [1.165, 1.54) is 0 Å². The molecule has 0 bridgehead atoms. The summed E-state index contributed by atoms with van der Waals surface area (Å²) in [5, 5.41) is 0. The minimum absolute atomic E-state index is 0.156. The zero-order valence-electron chi connectivity index (χ0n) is 11.8. The van der Waals surface area contributed by atoms with Gasteiger partial charge in [-0.2, -0.15) is 0 Å². The molecule has 2 rings (SSSR count). The van der Waals surface area contributed by atoms with E-state index in [1.54, 1.807) is 31.2 Å². The van der Waals surface area contributed by atoms with Crippen LogP contribution >= 0.6 is 69.6 Å². The summed E-state index contributed by atoms with van der Waals surface area (Å²) in [6.45, 7) is 1.66. The van der Waals surface area contributed by atoms with Crippen molar-refractivity contribution in [3.05, 3.63) is 35.9 Å². The molecule has 0 aliphatic rings. The molecule has 1 aromatic heterocycles. The number of benzene rings is 1. The van der Waals surface area contributed by atoms with Crippen molar-refractivity contribution in [1.29, 1.82) is 0 Å². The lowest BCUT2D eigenvalue weighted by Crippen LogP contribution is -2.16. The Labute approximate surface area is 168 Å². The van der Waals surface area contributed by atoms with Crippen LogP contribution in [0.4, 0.5) is 0 Å². The summed E-state index contributed by atoms with van der Waals surface area (Å²) in [6, 6.07) is 6.72. The first-order valence-corrected chi connectivity index (χ1v) is 8.47. The summed E-state index contributed by atoms with van der Waals surface area (Å²) in [5.74, 6) is 3.03. The molecule has 126 valence electrons. The molecule has 2 aromatic rings. The Kier molecular flexibility index (Phi) is 6.30. The molecule has 0 spiro atoms. The van der Waals surface area contributed by atoms with Crippen LogP contribution in [0.2, 0.25) is 0 Å². The van der Waals surface area contributed by atoms with E-state index >= 15 is 0 Å². The number of nitrogens with zero attached hydrogens (tertiary/aromatic N) is 3. The smallest absolute Gasteiger partial charge is 0.250 e. The maximum Gasteiger partial charge on any atom is 0.250 e. The third-order valence-corrected chi connectivity index (χ3v) is 3.54. The van der Waals surface area contributed by atoms with Gasteiger partial charge in [0, 0.05) is 12.5 Å². The molecule has 0 unspecified atom stereocenters. The van der Waals surface area contributed by atoms with Gasteiger partial charge in [0.05, 0.1) is 0 Å². The molecule has 1 heterocycles. The number of halogens is 6. The van der Waals surface area contributed by atoms with Gasteiger partial charge in [0.1, 0.15) is 11.9 Å². The molecule has 0 atom stereocenters. The average molecular weight is 446 g/mol. The van der Waals surface area contributed by atoms with Gasteiger partial charge in [0.15, 0.2) is 17.5 Å². The summed E-state index contributed by atoms with van der Waals surface area (Å²) in [6.07, 6.45) is 2.49. The van der Waals surface area contributed by atoms with Crippen molar-refractivity contribution in [2.75, 3.05) is 0 Å². The Balaban J connectivity index is 2.50. The highest BCUT2D eigenvalue weighted by Gasteiger charge is 2.33. The van der Waals surface area contributed by atoms with E-state index in [4.69, 9.17) is 74.3 Å². The van der Waals surface area contributed by atoms with E-state index in [2.05, 4.69) is 27.0 Å². The lowest BCUT2D eigenvalue weighted by atomic mass is 10.2. The molecular weight excluding hydrogens is 439 g/mol. The Hall–Kier alpha value is -0.670. The van der Waals surface area contributed by atoms with Crippen molar-refractivity contribution < 1.29 is 4.74 Å². The highest BCUT2D eigenvalue weighted by Crippen LogP contribution is 2.40. The van der Waals surface area contributed by atoms with E-state index < -0.39 is 7.59 Å². The fraction of sp³-hybridized carbons (Fsp3) is 0.214. The van der Waals surface area contributed by atoms with E-state index in [0.29, 0.717) is 11.3 Å². The van der Waals surface area contributed by atoms with Crippen LogP contribution in [-0.4, -0.2) is 15.0 Å². The van der Waals surface area contributed by atoms with Crippen LogP contribution < -0.4 is 4.74 Å². The van der Waals surface area contributed by atoms with E-state index in [1.807, 2.05) is 0 Å².